The third kappa shape index (κ3) is 9.30. The van der Waals surface area contributed by atoms with Gasteiger partial charge in [0.25, 0.3) is 0 Å². The summed E-state index contributed by atoms with van der Waals surface area (Å²) in [5.74, 6) is -0.327. The highest BCUT2D eigenvalue weighted by atomic mass is 16.6. The summed E-state index contributed by atoms with van der Waals surface area (Å²) in [6, 6.07) is 0. The Hall–Kier alpha value is -1.30. The highest BCUT2D eigenvalue weighted by molar-refractivity contribution is 5.80. The predicted molar refractivity (Wildman–Crippen MR) is 74.7 cm³/mol. The fourth-order valence-electron chi connectivity index (χ4n) is 1.21. The summed E-state index contributed by atoms with van der Waals surface area (Å²) < 4.78 is 5.10. The zero-order valence-corrected chi connectivity index (χ0v) is 12.6. The van der Waals surface area contributed by atoms with Gasteiger partial charge in [-0.1, -0.05) is 0 Å². The lowest BCUT2D eigenvalue weighted by Crippen LogP contribution is -2.41. The van der Waals surface area contributed by atoms with Crippen molar-refractivity contribution in [2.75, 3.05) is 19.6 Å². The number of nitrogens with two attached hydrogens (primary N) is 1. The van der Waals surface area contributed by atoms with Crippen LogP contribution in [-0.4, -0.2) is 37.2 Å². The molecule has 0 aromatic rings. The lowest BCUT2D eigenvalue weighted by atomic mass is 9.93. The first-order valence-corrected chi connectivity index (χ1v) is 6.52. The molecule has 0 aromatic carbocycles. The Bertz CT molecular complexity index is 309. The number of primary amides is 1. The van der Waals surface area contributed by atoms with Crippen molar-refractivity contribution in [1.82, 2.24) is 10.6 Å². The number of carbonyl (C=O) groups excluding carboxylic acids is 2. The van der Waals surface area contributed by atoms with Gasteiger partial charge in [0.2, 0.25) is 5.91 Å². The summed E-state index contributed by atoms with van der Waals surface area (Å²) in [7, 11) is 0. The van der Waals surface area contributed by atoms with Gasteiger partial charge >= 0.3 is 6.09 Å². The molecule has 0 rings (SSSR count). The molecule has 6 nitrogen and oxygen atoms in total. The average Bonchev–Trinajstić information content (AvgIpc) is 2.20. The first-order valence-electron chi connectivity index (χ1n) is 6.52. The Labute approximate surface area is 115 Å². The Morgan fingerprint density at radius 1 is 1.11 bits per heavy atom. The molecule has 0 atom stereocenters. The molecule has 0 bridgehead atoms. The molecule has 0 spiro atoms. The molecule has 0 saturated heterocycles. The van der Waals surface area contributed by atoms with Crippen molar-refractivity contribution in [3.05, 3.63) is 0 Å². The van der Waals surface area contributed by atoms with Crippen LogP contribution in [-0.2, 0) is 9.53 Å². The Morgan fingerprint density at radius 3 is 2.16 bits per heavy atom. The number of carbonyl (C=O) groups is 2. The van der Waals surface area contributed by atoms with E-state index in [1.807, 2.05) is 20.8 Å². The van der Waals surface area contributed by atoms with Gasteiger partial charge in [0.1, 0.15) is 5.60 Å². The normalized spacial score (nSPS) is 12.1. The van der Waals surface area contributed by atoms with Crippen molar-refractivity contribution >= 4 is 12.0 Å². The summed E-state index contributed by atoms with van der Waals surface area (Å²) in [5.41, 5.74) is 4.22. The molecule has 0 saturated carbocycles. The van der Waals surface area contributed by atoms with Crippen LogP contribution in [0.5, 0.6) is 0 Å². The van der Waals surface area contributed by atoms with Crippen LogP contribution < -0.4 is 16.4 Å². The molecule has 0 radical (unpaired) electrons. The zero-order valence-electron chi connectivity index (χ0n) is 12.6. The van der Waals surface area contributed by atoms with Gasteiger partial charge in [-0.15, -0.1) is 0 Å². The molecule has 0 unspecified atom stereocenters. The molecule has 4 N–H and O–H groups in total. The molecular formula is C13H27N3O3. The third-order valence-electron chi connectivity index (χ3n) is 2.43. The number of nitrogens with one attached hydrogen (secondary N) is 2. The molecule has 0 aromatic heterocycles. The van der Waals surface area contributed by atoms with Gasteiger partial charge in [-0.05, 0) is 47.6 Å². The second-order valence-electron chi connectivity index (χ2n) is 6.21. The first-order chi connectivity index (χ1) is 8.54. The maximum Gasteiger partial charge on any atom is 0.407 e. The third-order valence-corrected chi connectivity index (χ3v) is 2.43. The van der Waals surface area contributed by atoms with Crippen molar-refractivity contribution in [3.63, 3.8) is 0 Å². The van der Waals surface area contributed by atoms with Crippen molar-refractivity contribution in [2.24, 2.45) is 11.1 Å². The summed E-state index contributed by atoms with van der Waals surface area (Å²) in [5, 5.41) is 5.80. The van der Waals surface area contributed by atoms with Gasteiger partial charge in [-0.2, -0.15) is 0 Å². The van der Waals surface area contributed by atoms with E-state index >= 15 is 0 Å². The van der Waals surface area contributed by atoms with E-state index in [9.17, 15) is 9.59 Å². The van der Waals surface area contributed by atoms with Crippen LogP contribution in [0.2, 0.25) is 0 Å². The number of rotatable bonds is 7. The van der Waals surface area contributed by atoms with Crippen LogP contribution in [0.1, 0.15) is 41.0 Å². The second-order valence-corrected chi connectivity index (χ2v) is 6.21. The number of hydrogen-bond donors (Lipinski definition) is 3. The smallest absolute Gasteiger partial charge is 0.407 e. The monoisotopic (exact) mass is 273 g/mol. The highest BCUT2D eigenvalue weighted by Crippen LogP contribution is 2.11. The molecule has 0 aliphatic rings. The fraction of sp³-hybridized carbons (Fsp3) is 0.846. The summed E-state index contributed by atoms with van der Waals surface area (Å²) >= 11 is 0. The molecule has 112 valence electrons. The highest BCUT2D eigenvalue weighted by Gasteiger charge is 2.23. The largest absolute Gasteiger partial charge is 0.444 e. The van der Waals surface area contributed by atoms with E-state index < -0.39 is 17.1 Å². The summed E-state index contributed by atoms with van der Waals surface area (Å²) in [6.07, 6.45) is 0.346. The number of ether oxygens (including phenoxy) is 1. The predicted octanol–water partition coefficient (Wildman–Crippen LogP) is 1.00. The molecule has 6 heteroatoms. The van der Waals surface area contributed by atoms with E-state index in [1.165, 1.54) is 0 Å². The summed E-state index contributed by atoms with van der Waals surface area (Å²) in [4.78, 5) is 22.4. The van der Waals surface area contributed by atoms with Crippen LogP contribution in [0.25, 0.3) is 0 Å². The SMILES string of the molecule is CC(C)(C)OC(=O)NCCCNCC(C)(C)C(N)=O. The Balaban J connectivity index is 3.62. The average molecular weight is 273 g/mol. The van der Waals surface area contributed by atoms with Gasteiger partial charge < -0.3 is 21.1 Å². The van der Waals surface area contributed by atoms with Crippen LogP contribution >= 0.6 is 0 Å². The van der Waals surface area contributed by atoms with Gasteiger partial charge in [-0.25, -0.2) is 4.79 Å². The van der Waals surface area contributed by atoms with Crippen LogP contribution in [0.4, 0.5) is 4.79 Å². The van der Waals surface area contributed by atoms with Gasteiger partial charge in [0.15, 0.2) is 0 Å². The number of alkyl carbamates (subject to hydrolysis) is 1. The van der Waals surface area contributed by atoms with Gasteiger partial charge in [-0.3, -0.25) is 4.79 Å². The lowest BCUT2D eigenvalue weighted by molar-refractivity contribution is -0.125. The maximum absolute atomic E-state index is 11.3. The fourth-order valence-corrected chi connectivity index (χ4v) is 1.21. The first kappa shape index (κ1) is 17.7. The quantitative estimate of drug-likeness (QED) is 0.603. The Morgan fingerprint density at radius 2 is 1.68 bits per heavy atom. The lowest BCUT2D eigenvalue weighted by Gasteiger charge is -2.21. The van der Waals surface area contributed by atoms with Crippen LogP contribution in [0.3, 0.4) is 0 Å². The van der Waals surface area contributed by atoms with Crippen molar-refractivity contribution in [1.29, 1.82) is 0 Å². The maximum atomic E-state index is 11.3. The molecule has 19 heavy (non-hydrogen) atoms. The second kappa shape index (κ2) is 7.33. The van der Waals surface area contributed by atoms with E-state index in [0.29, 0.717) is 19.6 Å². The Kier molecular flexibility index (Phi) is 6.83. The molecule has 0 aliphatic heterocycles. The van der Waals surface area contributed by atoms with Crippen molar-refractivity contribution in [3.8, 4) is 0 Å². The van der Waals surface area contributed by atoms with E-state index in [4.69, 9.17) is 10.5 Å². The van der Waals surface area contributed by atoms with Crippen molar-refractivity contribution < 1.29 is 14.3 Å². The van der Waals surface area contributed by atoms with E-state index in [0.717, 1.165) is 6.42 Å². The zero-order chi connectivity index (χ0) is 15.1. The minimum absolute atomic E-state index is 0.327. The topological polar surface area (TPSA) is 93.4 Å². The molecule has 0 aliphatic carbocycles. The van der Waals surface area contributed by atoms with Gasteiger partial charge in [0.05, 0.1) is 5.41 Å². The van der Waals surface area contributed by atoms with E-state index in [1.54, 1.807) is 13.8 Å². The van der Waals surface area contributed by atoms with Crippen LogP contribution in [0.15, 0.2) is 0 Å². The van der Waals surface area contributed by atoms with E-state index in [2.05, 4.69) is 10.6 Å². The molecule has 2 amide bonds. The van der Waals surface area contributed by atoms with Gasteiger partial charge in [0, 0.05) is 13.1 Å². The minimum Gasteiger partial charge on any atom is -0.444 e. The number of hydrogen-bond acceptors (Lipinski definition) is 4. The molecule has 0 heterocycles. The minimum atomic E-state index is -0.557. The summed E-state index contributed by atoms with van der Waals surface area (Å²) in [6.45, 7) is 10.8. The van der Waals surface area contributed by atoms with Crippen LogP contribution in [0, 0.1) is 5.41 Å². The standard InChI is InChI=1S/C13H27N3O3/c1-12(2,3)19-11(18)16-8-6-7-15-9-13(4,5)10(14)17/h15H,6-9H2,1-5H3,(H2,14,17)(H,16,18). The van der Waals surface area contributed by atoms with Crippen molar-refractivity contribution in [2.45, 2.75) is 46.6 Å². The molecular weight excluding hydrogens is 246 g/mol. The molecule has 0 fully saturated rings. The van der Waals surface area contributed by atoms with E-state index in [-0.39, 0.29) is 5.91 Å². The number of amides is 2.